The van der Waals surface area contributed by atoms with E-state index in [1.165, 1.54) is 21.8 Å². The van der Waals surface area contributed by atoms with Crippen LogP contribution in [0.1, 0.15) is 0 Å². The van der Waals surface area contributed by atoms with Crippen molar-refractivity contribution in [2.24, 2.45) is 7.05 Å². The molecule has 0 aliphatic carbocycles. The molecule has 0 spiro atoms. The Morgan fingerprint density at radius 3 is 2.54 bits per heavy atom. The SMILES string of the molecule is CN1CCN(c2ccc(NC(=O)Cn3cnc4c(cnn4C)c3=O)cc2)CC1. The first-order valence-electron chi connectivity index (χ1n) is 9.22. The van der Waals surface area contributed by atoms with E-state index in [9.17, 15) is 9.59 Å². The van der Waals surface area contributed by atoms with Gasteiger partial charge in [0.25, 0.3) is 5.56 Å². The van der Waals surface area contributed by atoms with Crippen LogP contribution in [0.25, 0.3) is 11.0 Å². The van der Waals surface area contributed by atoms with Gasteiger partial charge >= 0.3 is 0 Å². The van der Waals surface area contributed by atoms with Gasteiger partial charge in [-0.15, -0.1) is 0 Å². The van der Waals surface area contributed by atoms with E-state index in [4.69, 9.17) is 0 Å². The second-order valence-electron chi connectivity index (χ2n) is 7.07. The van der Waals surface area contributed by atoms with Gasteiger partial charge in [-0.05, 0) is 31.3 Å². The quantitative estimate of drug-likeness (QED) is 0.709. The number of rotatable bonds is 4. The lowest BCUT2D eigenvalue weighted by molar-refractivity contribution is -0.116. The summed E-state index contributed by atoms with van der Waals surface area (Å²) in [5, 5.41) is 7.26. The van der Waals surface area contributed by atoms with E-state index in [2.05, 4.69) is 32.2 Å². The van der Waals surface area contributed by atoms with Crippen molar-refractivity contribution < 1.29 is 4.79 Å². The molecular weight excluding hydrogens is 358 g/mol. The predicted octanol–water partition coefficient (Wildman–Crippen LogP) is 0.521. The number of aromatic nitrogens is 4. The molecule has 0 bridgehead atoms. The Kier molecular flexibility index (Phi) is 4.82. The number of amides is 1. The molecule has 1 amide bonds. The van der Waals surface area contributed by atoms with E-state index in [1.807, 2.05) is 24.3 Å². The molecule has 0 atom stereocenters. The first kappa shape index (κ1) is 18.2. The molecule has 9 nitrogen and oxygen atoms in total. The van der Waals surface area contributed by atoms with Gasteiger partial charge in [-0.1, -0.05) is 0 Å². The van der Waals surface area contributed by atoms with Crippen LogP contribution >= 0.6 is 0 Å². The fourth-order valence-corrected chi connectivity index (χ4v) is 3.35. The van der Waals surface area contributed by atoms with Crippen LogP contribution in [-0.2, 0) is 18.4 Å². The molecule has 1 saturated heterocycles. The van der Waals surface area contributed by atoms with E-state index in [1.54, 1.807) is 7.05 Å². The first-order chi connectivity index (χ1) is 13.5. The van der Waals surface area contributed by atoms with Crippen molar-refractivity contribution in [1.82, 2.24) is 24.2 Å². The van der Waals surface area contributed by atoms with Crippen LogP contribution in [0.15, 0.2) is 41.6 Å². The summed E-state index contributed by atoms with van der Waals surface area (Å²) in [6, 6.07) is 7.79. The van der Waals surface area contributed by atoms with Gasteiger partial charge in [0, 0.05) is 44.6 Å². The highest BCUT2D eigenvalue weighted by atomic mass is 16.2. The molecule has 0 radical (unpaired) electrons. The normalized spacial score (nSPS) is 15.1. The lowest BCUT2D eigenvalue weighted by Crippen LogP contribution is -2.44. The van der Waals surface area contributed by atoms with Crippen molar-refractivity contribution in [3.63, 3.8) is 0 Å². The number of nitrogens with zero attached hydrogens (tertiary/aromatic N) is 6. The van der Waals surface area contributed by atoms with Gasteiger partial charge in [-0.25, -0.2) is 4.98 Å². The Labute approximate surface area is 162 Å². The molecule has 1 aliphatic rings. The topological polar surface area (TPSA) is 88.3 Å². The number of piperazine rings is 1. The summed E-state index contributed by atoms with van der Waals surface area (Å²) < 4.78 is 2.82. The third-order valence-corrected chi connectivity index (χ3v) is 5.05. The Balaban J connectivity index is 1.41. The Morgan fingerprint density at radius 2 is 1.82 bits per heavy atom. The van der Waals surface area contributed by atoms with E-state index < -0.39 is 0 Å². The third-order valence-electron chi connectivity index (χ3n) is 5.05. The summed E-state index contributed by atoms with van der Waals surface area (Å²) in [7, 11) is 3.85. The zero-order chi connectivity index (χ0) is 19.7. The first-order valence-corrected chi connectivity index (χ1v) is 9.22. The van der Waals surface area contributed by atoms with Crippen LogP contribution in [0.4, 0.5) is 11.4 Å². The van der Waals surface area contributed by atoms with E-state index in [-0.39, 0.29) is 18.0 Å². The molecule has 0 unspecified atom stereocenters. The number of hydrogen-bond donors (Lipinski definition) is 1. The maximum atomic E-state index is 12.5. The van der Waals surface area contributed by atoms with Gasteiger partial charge in [0.15, 0.2) is 5.65 Å². The van der Waals surface area contributed by atoms with Crippen molar-refractivity contribution in [2.45, 2.75) is 6.54 Å². The number of aryl methyl sites for hydroxylation is 1. The number of anilines is 2. The average Bonchev–Trinajstić information content (AvgIpc) is 3.07. The largest absolute Gasteiger partial charge is 0.369 e. The maximum absolute atomic E-state index is 12.5. The maximum Gasteiger partial charge on any atom is 0.264 e. The summed E-state index contributed by atoms with van der Waals surface area (Å²) in [6.45, 7) is 3.98. The predicted molar refractivity (Wildman–Crippen MR) is 108 cm³/mol. The Morgan fingerprint density at radius 1 is 1.11 bits per heavy atom. The van der Waals surface area contributed by atoms with Gasteiger partial charge in [0.05, 0.1) is 6.20 Å². The number of carbonyl (C=O) groups excluding carboxylic acids is 1. The third kappa shape index (κ3) is 3.61. The number of carbonyl (C=O) groups is 1. The molecule has 3 aromatic rings. The summed E-state index contributed by atoms with van der Waals surface area (Å²) in [6.07, 6.45) is 2.85. The molecule has 1 aliphatic heterocycles. The zero-order valence-corrected chi connectivity index (χ0v) is 16.0. The molecule has 1 aromatic carbocycles. The molecule has 4 rings (SSSR count). The second kappa shape index (κ2) is 7.43. The van der Waals surface area contributed by atoms with Crippen molar-refractivity contribution in [1.29, 1.82) is 0 Å². The van der Waals surface area contributed by atoms with Crippen LogP contribution in [-0.4, -0.2) is 63.4 Å². The minimum absolute atomic E-state index is 0.100. The summed E-state index contributed by atoms with van der Waals surface area (Å²) >= 11 is 0. The lowest BCUT2D eigenvalue weighted by atomic mass is 10.2. The van der Waals surface area contributed by atoms with Crippen LogP contribution in [0.5, 0.6) is 0 Å². The van der Waals surface area contributed by atoms with Gasteiger partial charge in [-0.3, -0.25) is 18.8 Å². The highest BCUT2D eigenvalue weighted by molar-refractivity contribution is 5.90. The lowest BCUT2D eigenvalue weighted by Gasteiger charge is -2.34. The molecule has 146 valence electrons. The standard InChI is InChI=1S/C19H23N7O2/c1-23-7-9-25(10-8-23)15-5-3-14(4-6-15)22-17(27)12-26-13-20-18-16(19(26)28)11-21-24(18)2/h3-6,11,13H,7-10,12H2,1-2H3,(H,22,27). The Bertz CT molecular complexity index is 1050. The number of likely N-dealkylation sites (N-methyl/N-ethyl adjacent to an activating group) is 1. The fraction of sp³-hybridized carbons (Fsp3) is 0.368. The molecule has 2 aromatic heterocycles. The van der Waals surface area contributed by atoms with Gasteiger partial charge < -0.3 is 15.1 Å². The van der Waals surface area contributed by atoms with E-state index >= 15 is 0 Å². The molecule has 1 fully saturated rings. The van der Waals surface area contributed by atoms with Crippen LogP contribution in [0, 0.1) is 0 Å². The number of nitrogens with one attached hydrogen (secondary N) is 1. The van der Waals surface area contributed by atoms with Gasteiger partial charge in [-0.2, -0.15) is 5.10 Å². The minimum Gasteiger partial charge on any atom is -0.369 e. The highest BCUT2D eigenvalue weighted by Crippen LogP contribution is 2.19. The number of hydrogen-bond acceptors (Lipinski definition) is 6. The van der Waals surface area contributed by atoms with Crippen LogP contribution < -0.4 is 15.8 Å². The van der Waals surface area contributed by atoms with Gasteiger partial charge in [0.1, 0.15) is 18.3 Å². The number of fused-ring (bicyclic) bond motifs is 1. The van der Waals surface area contributed by atoms with E-state index in [0.717, 1.165) is 31.9 Å². The van der Waals surface area contributed by atoms with Crippen LogP contribution in [0.2, 0.25) is 0 Å². The fourth-order valence-electron chi connectivity index (χ4n) is 3.35. The summed E-state index contributed by atoms with van der Waals surface area (Å²) in [5.41, 5.74) is 2.07. The van der Waals surface area contributed by atoms with Gasteiger partial charge in [0.2, 0.25) is 5.91 Å². The molecule has 3 heterocycles. The van der Waals surface area contributed by atoms with Crippen molar-refractivity contribution in [3.05, 3.63) is 47.1 Å². The second-order valence-corrected chi connectivity index (χ2v) is 7.07. The average molecular weight is 381 g/mol. The summed E-state index contributed by atoms with van der Waals surface area (Å²) in [5.74, 6) is -0.278. The molecule has 9 heteroatoms. The molecule has 1 N–H and O–H groups in total. The van der Waals surface area contributed by atoms with Crippen LogP contribution in [0.3, 0.4) is 0 Å². The monoisotopic (exact) mass is 381 g/mol. The smallest absolute Gasteiger partial charge is 0.264 e. The number of benzene rings is 1. The van der Waals surface area contributed by atoms with E-state index in [0.29, 0.717) is 16.7 Å². The van der Waals surface area contributed by atoms with Crippen molar-refractivity contribution in [2.75, 3.05) is 43.4 Å². The molecule has 28 heavy (non-hydrogen) atoms. The minimum atomic E-state index is -0.279. The molecule has 0 saturated carbocycles. The zero-order valence-electron chi connectivity index (χ0n) is 16.0. The highest BCUT2D eigenvalue weighted by Gasteiger charge is 2.14. The summed E-state index contributed by atoms with van der Waals surface area (Å²) in [4.78, 5) is 33.7. The van der Waals surface area contributed by atoms with Crippen molar-refractivity contribution >= 4 is 28.3 Å². The Hall–Kier alpha value is -3.20. The molecular formula is C19H23N7O2. The van der Waals surface area contributed by atoms with Crippen molar-refractivity contribution in [3.8, 4) is 0 Å².